The summed E-state index contributed by atoms with van der Waals surface area (Å²) in [4.78, 5) is 13.5. The summed E-state index contributed by atoms with van der Waals surface area (Å²) >= 11 is 5.90. The van der Waals surface area contributed by atoms with Crippen LogP contribution in [0.1, 0.15) is 19.4 Å². The zero-order chi connectivity index (χ0) is 16.9. The minimum atomic E-state index is -3.19. The maximum atomic E-state index is 12.1. The normalized spacial score (nSPS) is 14.2. The topological polar surface area (TPSA) is 66.5 Å². The maximum absolute atomic E-state index is 12.1. The van der Waals surface area contributed by atoms with Crippen LogP contribution in [0.25, 0.3) is 0 Å². The second kappa shape index (κ2) is 7.83. The number of rotatable bonds is 6. The number of hydrogen-bond donors (Lipinski definition) is 1. The van der Waals surface area contributed by atoms with Crippen molar-refractivity contribution in [2.75, 3.05) is 19.8 Å². The average molecular weight is 347 g/mol. The van der Waals surface area contributed by atoms with Gasteiger partial charge in [0.2, 0.25) is 0 Å². The van der Waals surface area contributed by atoms with Gasteiger partial charge in [-0.15, -0.1) is 0 Å². The molecule has 0 saturated heterocycles. The molecular weight excluding hydrogens is 324 g/mol. The summed E-state index contributed by atoms with van der Waals surface area (Å²) in [6, 6.07) is 6.76. The summed E-state index contributed by atoms with van der Waals surface area (Å²) in [5.74, 6) is 0. The van der Waals surface area contributed by atoms with E-state index in [-0.39, 0.29) is 6.03 Å². The summed E-state index contributed by atoms with van der Waals surface area (Å²) < 4.78 is 23.1. The lowest BCUT2D eigenvalue weighted by Crippen LogP contribution is -2.48. The van der Waals surface area contributed by atoms with Gasteiger partial charge in [0.15, 0.2) is 9.84 Å². The number of urea groups is 1. The molecule has 0 aliphatic carbocycles. The van der Waals surface area contributed by atoms with Gasteiger partial charge in [-0.1, -0.05) is 23.7 Å². The lowest BCUT2D eigenvalue weighted by atomic mass is 10.1. The quantitative estimate of drug-likeness (QED) is 0.859. The number of nitrogens with one attached hydrogen (secondary N) is 1. The zero-order valence-electron chi connectivity index (χ0n) is 13.3. The van der Waals surface area contributed by atoms with E-state index < -0.39 is 21.1 Å². The van der Waals surface area contributed by atoms with Gasteiger partial charge in [-0.05, 0) is 38.0 Å². The molecule has 1 aromatic rings. The Balaban J connectivity index is 2.51. The highest BCUT2D eigenvalue weighted by Gasteiger charge is 2.27. The van der Waals surface area contributed by atoms with Gasteiger partial charge >= 0.3 is 6.03 Å². The molecule has 0 aliphatic rings. The molecule has 1 aromatic carbocycles. The molecule has 2 unspecified atom stereocenters. The van der Waals surface area contributed by atoms with Gasteiger partial charge in [0.05, 0.1) is 5.25 Å². The second-order valence-electron chi connectivity index (χ2n) is 5.50. The number of carbonyl (C=O) groups excluding carboxylic acids is 1. The predicted molar refractivity (Wildman–Crippen MR) is 90.1 cm³/mol. The van der Waals surface area contributed by atoms with Crippen LogP contribution in [0.5, 0.6) is 0 Å². The Labute approximate surface area is 137 Å². The van der Waals surface area contributed by atoms with E-state index in [2.05, 4.69) is 5.32 Å². The number of hydrogen-bond acceptors (Lipinski definition) is 3. The lowest BCUT2D eigenvalue weighted by molar-refractivity contribution is 0.193. The Morgan fingerprint density at radius 2 is 2.00 bits per heavy atom. The summed E-state index contributed by atoms with van der Waals surface area (Å²) in [6.07, 6.45) is 1.84. The molecule has 7 heteroatoms. The molecule has 2 atom stereocenters. The molecule has 0 radical (unpaired) electrons. The molecule has 0 spiro atoms. The van der Waals surface area contributed by atoms with E-state index in [9.17, 15) is 13.2 Å². The second-order valence-corrected chi connectivity index (χ2v) is 8.34. The Morgan fingerprint density at radius 3 is 2.55 bits per heavy atom. The van der Waals surface area contributed by atoms with E-state index in [0.29, 0.717) is 18.0 Å². The highest BCUT2D eigenvalue weighted by Crippen LogP contribution is 2.12. The van der Waals surface area contributed by atoms with E-state index in [1.165, 1.54) is 11.2 Å². The van der Waals surface area contributed by atoms with Crippen LogP contribution in [-0.2, 0) is 16.3 Å². The number of sulfone groups is 1. The van der Waals surface area contributed by atoms with Crippen molar-refractivity contribution in [1.29, 1.82) is 0 Å². The molecule has 124 valence electrons. The molecule has 0 heterocycles. The maximum Gasteiger partial charge on any atom is 0.317 e. The van der Waals surface area contributed by atoms with Crippen LogP contribution in [-0.4, -0.2) is 50.5 Å². The fraction of sp³-hybridized carbons (Fsp3) is 0.533. The van der Waals surface area contributed by atoms with Crippen molar-refractivity contribution in [3.63, 3.8) is 0 Å². The summed E-state index contributed by atoms with van der Waals surface area (Å²) in [6.45, 7) is 3.79. The first kappa shape index (κ1) is 18.8. The zero-order valence-corrected chi connectivity index (χ0v) is 14.9. The summed E-state index contributed by atoms with van der Waals surface area (Å²) in [5, 5.41) is 2.84. The summed E-state index contributed by atoms with van der Waals surface area (Å²) in [5.41, 5.74) is 1.04. The van der Waals surface area contributed by atoms with Crippen molar-refractivity contribution in [2.45, 2.75) is 31.6 Å². The molecule has 0 fully saturated rings. The van der Waals surface area contributed by atoms with Gasteiger partial charge in [-0.25, -0.2) is 13.2 Å². The Morgan fingerprint density at radius 1 is 1.36 bits per heavy atom. The van der Waals surface area contributed by atoms with Crippen LogP contribution in [0.3, 0.4) is 0 Å². The van der Waals surface area contributed by atoms with Crippen molar-refractivity contribution < 1.29 is 13.2 Å². The van der Waals surface area contributed by atoms with E-state index in [4.69, 9.17) is 11.6 Å². The fourth-order valence-corrected chi connectivity index (χ4v) is 3.10. The standard InChI is InChI=1S/C15H23ClN2O3S/c1-11(12(2)22(4,20)21)18(3)15(19)17-9-8-13-6-5-7-14(16)10-13/h5-7,10-12H,8-9H2,1-4H3,(H,17,19). The van der Waals surface area contributed by atoms with Gasteiger partial charge in [0.1, 0.15) is 0 Å². The third-order valence-electron chi connectivity index (χ3n) is 3.86. The molecule has 22 heavy (non-hydrogen) atoms. The monoisotopic (exact) mass is 346 g/mol. The number of amides is 2. The fourth-order valence-electron chi connectivity index (χ4n) is 1.99. The van der Waals surface area contributed by atoms with E-state index in [0.717, 1.165) is 5.56 Å². The van der Waals surface area contributed by atoms with E-state index in [1.807, 2.05) is 18.2 Å². The number of nitrogens with zero attached hydrogens (tertiary/aromatic N) is 1. The molecule has 0 saturated carbocycles. The average Bonchev–Trinajstić information content (AvgIpc) is 2.43. The minimum Gasteiger partial charge on any atom is -0.338 e. The molecule has 1 rings (SSSR count). The van der Waals surface area contributed by atoms with Crippen molar-refractivity contribution in [3.8, 4) is 0 Å². The van der Waals surface area contributed by atoms with Gasteiger partial charge in [0.25, 0.3) is 0 Å². The lowest BCUT2D eigenvalue weighted by Gasteiger charge is -2.29. The van der Waals surface area contributed by atoms with E-state index >= 15 is 0 Å². The predicted octanol–water partition coefficient (Wildman–Crippen LogP) is 2.35. The molecule has 5 nitrogen and oxygen atoms in total. The first-order valence-corrected chi connectivity index (χ1v) is 9.40. The van der Waals surface area contributed by atoms with Crippen molar-refractivity contribution in [2.24, 2.45) is 0 Å². The highest BCUT2D eigenvalue weighted by atomic mass is 35.5. The summed E-state index contributed by atoms with van der Waals surface area (Å²) in [7, 11) is -1.59. The van der Waals surface area contributed by atoms with Crippen LogP contribution < -0.4 is 5.32 Å². The molecule has 1 N–H and O–H groups in total. The third kappa shape index (κ3) is 5.50. The molecule has 0 aromatic heterocycles. The molecular formula is C15H23ClN2O3S. The van der Waals surface area contributed by atoms with Crippen molar-refractivity contribution in [1.82, 2.24) is 10.2 Å². The van der Waals surface area contributed by atoms with E-state index in [1.54, 1.807) is 27.0 Å². The third-order valence-corrected chi connectivity index (χ3v) is 5.84. The Bertz CT molecular complexity index is 619. The highest BCUT2D eigenvalue weighted by molar-refractivity contribution is 7.91. The molecule has 0 bridgehead atoms. The van der Waals surface area contributed by atoms with Crippen LogP contribution >= 0.6 is 11.6 Å². The van der Waals surface area contributed by atoms with Gasteiger partial charge in [-0.3, -0.25) is 0 Å². The van der Waals surface area contributed by atoms with Crippen LogP contribution in [0.4, 0.5) is 4.79 Å². The van der Waals surface area contributed by atoms with Crippen molar-refractivity contribution in [3.05, 3.63) is 34.9 Å². The van der Waals surface area contributed by atoms with Crippen LogP contribution in [0, 0.1) is 0 Å². The van der Waals surface area contributed by atoms with Crippen LogP contribution in [0.2, 0.25) is 5.02 Å². The Kier molecular flexibility index (Phi) is 6.68. The van der Waals surface area contributed by atoms with Crippen LogP contribution in [0.15, 0.2) is 24.3 Å². The largest absolute Gasteiger partial charge is 0.338 e. The van der Waals surface area contributed by atoms with Gasteiger partial charge in [0, 0.05) is 30.9 Å². The smallest absolute Gasteiger partial charge is 0.317 e. The first-order chi connectivity index (χ1) is 10.1. The number of halogens is 1. The SMILES string of the molecule is CC(C(C)S(C)(=O)=O)N(C)C(=O)NCCc1cccc(Cl)c1. The minimum absolute atomic E-state index is 0.287. The van der Waals surface area contributed by atoms with Gasteiger partial charge < -0.3 is 10.2 Å². The molecule has 2 amide bonds. The Hall–Kier alpha value is -1.27. The first-order valence-electron chi connectivity index (χ1n) is 7.07. The van der Waals surface area contributed by atoms with Gasteiger partial charge in [-0.2, -0.15) is 0 Å². The number of benzene rings is 1. The van der Waals surface area contributed by atoms with Crippen molar-refractivity contribution >= 4 is 27.5 Å². The number of carbonyl (C=O) groups is 1. The molecule has 0 aliphatic heterocycles.